The van der Waals surface area contributed by atoms with E-state index in [0.717, 1.165) is 34.5 Å². The average molecular weight is 418 g/mol. The predicted molar refractivity (Wildman–Crippen MR) is 106 cm³/mol. The number of halogens is 3. The number of benzene rings is 1. The number of pyridine rings is 1. The van der Waals surface area contributed by atoms with E-state index in [2.05, 4.69) is 32.9 Å². The molecule has 0 fully saturated rings. The first-order chi connectivity index (χ1) is 13.9. The molecule has 0 saturated carbocycles. The number of rotatable bonds is 5. The molecule has 0 amide bonds. The fraction of sp³-hybridized carbons (Fsp3) is 0.211. The molecule has 1 N–H and O–H groups in total. The lowest BCUT2D eigenvalue weighted by Gasteiger charge is -2.11. The van der Waals surface area contributed by atoms with E-state index in [0.29, 0.717) is 5.69 Å². The van der Waals surface area contributed by atoms with Crippen LogP contribution in [-0.2, 0) is 19.6 Å². The summed E-state index contributed by atoms with van der Waals surface area (Å²) in [5, 5.41) is 9.51. The van der Waals surface area contributed by atoms with E-state index in [1.54, 1.807) is 12.4 Å². The Kier molecular flexibility index (Phi) is 4.95. The van der Waals surface area contributed by atoms with E-state index in [1.165, 1.54) is 28.4 Å². The molecule has 1 aromatic carbocycles. The third kappa shape index (κ3) is 3.80. The van der Waals surface area contributed by atoms with Gasteiger partial charge in [-0.25, -0.2) is 4.68 Å². The van der Waals surface area contributed by atoms with Crippen molar-refractivity contribution in [3.05, 3.63) is 60.3 Å². The first kappa shape index (κ1) is 19.3. The summed E-state index contributed by atoms with van der Waals surface area (Å²) >= 11 is 1.43. The number of aryl methyl sites for hydroxylation is 2. The number of alkyl halides is 3. The van der Waals surface area contributed by atoms with Gasteiger partial charge in [-0.1, -0.05) is 19.1 Å². The lowest BCUT2D eigenvalue weighted by atomic mass is 10.1. The summed E-state index contributed by atoms with van der Waals surface area (Å²) in [6.45, 7) is 2.08. The molecule has 0 bridgehead atoms. The third-order valence-corrected chi connectivity index (χ3v) is 5.49. The van der Waals surface area contributed by atoms with Crippen LogP contribution in [0, 0.1) is 0 Å². The van der Waals surface area contributed by atoms with Crippen molar-refractivity contribution in [2.24, 2.45) is 7.05 Å². The van der Waals surface area contributed by atoms with Gasteiger partial charge < -0.3 is 4.72 Å². The molecular formula is C19H17F3N6S. The molecule has 3 heterocycles. The highest BCUT2D eigenvalue weighted by molar-refractivity contribution is 8.00. The fourth-order valence-corrected chi connectivity index (χ4v) is 4.02. The van der Waals surface area contributed by atoms with Crippen molar-refractivity contribution in [2.75, 3.05) is 4.72 Å². The van der Waals surface area contributed by atoms with Crippen LogP contribution in [0.3, 0.4) is 0 Å². The first-order valence-corrected chi connectivity index (χ1v) is 9.62. The molecule has 4 aromatic rings. The lowest BCUT2D eigenvalue weighted by molar-refractivity contribution is -0.137. The van der Waals surface area contributed by atoms with Crippen LogP contribution >= 0.6 is 11.9 Å². The van der Waals surface area contributed by atoms with E-state index in [9.17, 15) is 13.2 Å². The molecular weight excluding hydrogens is 401 g/mol. The van der Waals surface area contributed by atoms with Crippen molar-refractivity contribution in [3.63, 3.8) is 0 Å². The summed E-state index contributed by atoms with van der Waals surface area (Å²) in [7, 11) is 1.89. The number of hydrogen-bond donors (Lipinski definition) is 1. The topological polar surface area (TPSA) is 60.6 Å². The van der Waals surface area contributed by atoms with Crippen LogP contribution in [0.15, 0.2) is 54.1 Å². The molecule has 6 nitrogen and oxygen atoms in total. The molecule has 3 aromatic heterocycles. The van der Waals surface area contributed by atoms with Gasteiger partial charge in [0.05, 0.1) is 52.1 Å². The Hall–Kier alpha value is -3.01. The number of aromatic nitrogens is 5. The maximum absolute atomic E-state index is 12.9. The molecule has 29 heavy (non-hydrogen) atoms. The first-order valence-electron chi connectivity index (χ1n) is 8.80. The largest absolute Gasteiger partial charge is 0.417 e. The van der Waals surface area contributed by atoms with E-state index >= 15 is 0 Å². The van der Waals surface area contributed by atoms with Gasteiger partial charge in [0.15, 0.2) is 0 Å². The van der Waals surface area contributed by atoms with Crippen molar-refractivity contribution >= 4 is 28.5 Å². The zero-order valence-electron chi connectivity index (χ0n) is 15.6. The van der Waals surface area contributed by atoms with Gasteiger partial charge in [0.2, 0.25) is 0 Å². The van der Waals surface area contributed by atoms with Gasteiger partial charge in [-0.2, -0.15) is 23.4 Å². The molecule has 10 heteroatoms. The normalized spacial score (nSPS) is 11.9. The van der Waals surface area contributed by atoms with E-state index in [1.807, 2.05) is 24.0 Å². The van der Waals surface area contributed by atoms with E-state index in [4.69, 9.17) is 0 Å². The molecule has 0 atom stereocenters. The highest BCUT2D eigenvalue weighted by Crippen LogP contribution is 2.33. The quantitative estimate of drug-likeness (QED) is 0.469. The van der Waals surface area contributed by atoms with Crippen LogP contribution in [0.1, 0.15) is 18.1 Å². The molecule has 0 aliphatic rings. The zero-order chi connectivity index (χ0) is 20.6. The van der Waals surface area contributed by atoms with Crippen molar-refractivity contribution in [3.8, 4) is 5.69 Å². The molecule has 0 saturated heterocycles. The number of anilines is 1. The van der Waals surface area contributed by atoms with Gasteiger partial charge in [0.25, 0.3) is 0 Å². The monoisotopic (exact) mass is 418 g/mol. The summed E-state index contributed by atoms with van der Waals surface area (Å²) in [6, 6.07) is 5.14. The van der Waals surface area contributed by atoms with Crippen molar-refractivity contribution in [1.82, 2.24) is 24.5 Å². The zero-order valence-corrected chi connectivity index (χ0v) is 16.4. The Labute approximate surface area is 168 Å². The summed E-state index contributed by atoms with van der Waals surface area (Å²) in [5.41, 5.74) is 2.28. The smallest absolute Gasteiger partial charge is 0.323 e. The van der Waals surface area contributed by atoms with Gasteiger partial charge in [0, 0.05) is 18.6 Å². The van der Waals surface area contributed by atoms with Crippen molar-refractivity contribution in [2.45, 2.75) is 24.4 Å². The molecule has 0 aliphatic heterocycles. The average Bonchev–Trinajstić information content (AvgIpc) is 3.33. The Morgan fingerprint density at radius 2 is 1.93 bits per heavy atom. The summed E-state index contributed by atoms with van der Waals surface area (Å²) in [6.07, 6.45) is 3.54. The van der Waals surface area contributed by atoms with Gasteiger partial charge in [0.1, 0.15) is 0 Å². The van der Waals surface area contributed by atoms with Gasteiger partial charge in [-0.3, -0.25) is 9.67 Å². The second-order valence-electron chi connectivity index (χ2n) is 6.42. The molecule has 0 aliphatic carbocycles. The Morgan fingerprint density at radius 1 is 1.10 bits per heavy atom. The predicted octanol–water partition coefficient (Wildman–Crippen LogP) is 4.85. The summed E-state index contributed by atoms with van der Waals surface area (Å²) in [4.78, 5) is 4.73. The second kappa shape index (κ2) is 7.43. The minimum atomic E-state index is -4.45. The SMILES string of the molecule is CCc1ccc2cnn(C)c2c1SNc1cnn(-c2cncc(C(F)(F)F)c2)c1. The Bertz CT molecular complexity index is 1160. The van der Waals surface area contributed by atoms with E-state index in [-0.39, 0.29) is 5.69 Å². The summed E-state index contributed by atoms with van der Waals surface area (Å²) in [5.74, 6) is 0. The second-order valence-corrected chi connectivity index (χ2v) is 7.24. The van der Waals surface area contributed by atoms with Gasteiger partial charge in [-0.15, -0.1) is 0 Å². The summed E-state index contributed by atoms with van der Waals surface area (Å²) < 4.78 is 45.1. The van der Waals surface area contributed by atoms with Crippen LogP contribution < -0.4 is 4.72 Å². The minimum Gasteiger partial charge on any atom is -0.323 e. The standard InChI is InChI=1S/C19H17F3N6S/c1-3-12-4-5-13-7-24-27(2)17(13)18(12)29-26-15-9-25-28(11-15)16-6-14(8-23-10-16)19(20,21)22/h4-11,26H,3H2,1-2H3. The molecule has 0 radical (unpaired) electrons. The Balaban J connectivity index is 1.59. The maximum atomic E-state index is 12.9. The van der Waals surface area contributed by atoms with Crippen LogP contribution in [0.4, 0.5) is 18.9 Å². The lowest BCUT2D eigenvalue weighted by Crippen LogP contribution is -2.07. The van der Waals surface area contributed by atoms with E-state index < -0.39 is 11.7 Å². The highest BCUT2D eigenvalue weighted by Gasteiger charge is 2.31. The van der Waals surface area contributed by atoms with Crippen LogP contribution in [0.25, 0.3) is 16.6 Å². The van der Waals surface area contributed by atoms with Crippen molar-refractivity contribution < 1.29 is 13.2 Å². The molecule has 150 valence electrons. The minimum absolute atomic E-state index is 0.237. The van der Waals surface area contributed by atoms with Crippen LogP contribution in [0.2, 0.25) is 0 Å². The van der Waals surface area contributed by atoms with Gasteiger partial charge in [-0.05, 0) is 30.0 Å². The molecule has 4 rings (SSSR count). The highest BCUT2D eigenvalue weighted by atomic mass is 32.2. The maximum Gasteiger partial charge on any atom is 0.417 e. The molecule has 0 spiro atoms. The van der Waals surface area contributed by atoms with Crippen LogP contribution in [-0.4, -0.2) is 24.5 Å². The number of hydrogen-bond acceptors (Lipinski definition) is 5. The third-order valence-electron chi connectivity index (χ3n) is 4.49. The van der Waals surface area contributed by atoms with Crippen LogP contribution in [0.5, 0.6) is 0 Å². The fourth-order valence-electron chi connectivity index (χ4n) is 3.00. The van der Waals surface area contributed by atoms with Crippen molar-refractivity contribution in [1.29, 1.82) is 0 Å². The molecule has 0 unspecified atom stereocenters. The number of nitrogens with one attached hydrogen (secondary N) is 1. The number of fused-ring (bicyclic) bond motifs is 1. The van der Waals surface area contributed by atoms with Gasteiger partial charge >= 0.3 is 6.18 Å². The number of nitrogens with zero attached hydrogens (tertiary/aromatic N) is 5. The Morgan fingerprint density at radius 3 is 2.69 bits per heavy atom.